The third kappa shape index (κ3) is 5.17. The van der Waals surface area contributed by atoms with E-state index in [4.69, 9.17) is 13.6 Å². The van der Waals surface area contributed by atoms with Crippen LogP contribution < -0.4 is 8.85 Å². The van der Waals surface area contributed by atoms with Gasteiger partial charge >= 0.3 is 0 Å². The van der Waals surface area contributed by atoms with Crippen LogP contribution in [-0.2, 0) is 9.53 Å². The highest BCUT2D eigenvalue weighted by atomic mass is 28.4. The van der Waals surface area contributed by atoms with Crippen molar-refractivity contribution < 1.29 is 18.4 Å². The summed E-state index contributed by atoms with van der Waals surface area (Å²) < 4.78 is 19.7. The molecule has 1 aromatic carbocycles. The highest BCUT2D eigenvalue weighted by molar-refractivity contribution is 6.75. The second-order valence-electron chi connectivity index (χ2n) is 12.5. The van der Waals surface area contributed by atoms with Crippen molar-refractivity contribution in [3.63, 3.8) is 0 Å². The Hall–Kier alpha value is -1.54. The van der Waals surface area contributed by atoms with E-state index in [0.29, 0.717) is 12.8 Å². The van der Waals surface area contributed by atoms with Crippen LogP contribution in [0.15, 0.2) is 29.5 Å². The van der Waals surface area contributed by atoms with Gasteiger partial charge < -0.3 is 13.6 Å². The Morgan fingerprint density at radius 3 is 1.78 bits per heavy atom. The van der Waals surface area contributed by atoms with Crippen LogP contribution in [0.25, 0.3) is 0 Å². The van der Waals surface area contributed by atoms with Gasteiger partial charge in [0.05, 0.1) is 0 Å². The van der Waals surface area contributed by atoms with Crippen LogP contribution in [0.1, 0.15) is 78.9 Å². The lowest BCUT2D eigenvalue weighted by molar-refractivity contribution is -0.116. The van der Waals surface area contributed by atoms with E-state index in [0.717, 1.165) is 41.2 Å². The standard InChI is InChI=1S/C26H42O4Si2/c1-25(2,3)31(7,8)29-19-14-18(15-20(16-19)30-32(9,10)26(4,5)6)24-17-21-22(27)12-11-13-23(21)28-24/h14-16,24H,11-13,17H2,1-10H3. The lowest BCUT2D eigenvalue weighted by Gasteiger charge is -2.38. The second-order valence-corrected chi connectivity index (χ2v) is 21.9. The molecule has 0 saturated carbocycles. The van der Waals surface area contributed by atoms with E-state index in [9.17, 15) is 4.79 Å². The van der Waals surface area contributed by atoms with Crippen LogP contribution >= 0.6 is 0 Å². The topological polar surface area (TPSA) is 44.8 Å². The molecule has 1 aliphatic heterocycles. The van der Waals surface area contributed by atoms with Crippen molar-refractivity contribution in [3.8, 4) is 11.5 Å². The molecule has 178 valence electrons. The first-order valence-electron chi connectivity index (χ1n) is 12.0. The van der Waals surface area contributed by atoms with E-state index in [2.05, 4.69) is 85.9 Å². The summed E-state index contributed by atoms with van der Waals surface area (Å²) in [7, 11) is -4.04. The fourth-order valence-electron chi connectivity index (χ4n) is 3.60. The molecule has 1 aromatic rings. The molecule has 1 aliphatic carbocycles. The summed E-state index contributed by atoms with van der Waals surface area (Å²) in [5.74, 6) is 2.85. The zero-order valence-corrected chi connectivity index (χ0v) is 23.8. The molecule has 0 bridgehead atoms. The van der Waals surface area contributed by atoms with Crippen molar-refractivity contribution in [2.24, 2.45) is 0 Å². The van der Waals surface area contributed by atoms with Gasteiger partial charge in [-0.3, -0.25) is 4.79 Å². The van der Waals surface area contributed by atoms with Crippen LogP contribution in [0.5, 0.6) is 11.5 Å². The molecule has 0 radical (unpaired) electrons. The number of ketones is 1. The van der Waals surface area contributed by atoms with Gasteiger partial charge in [-0.05, 0) is 60.4 Å². The quantitative estimate of drug-likeness (QED) is 0.406. The molecule has 0 N–H and O–H groups in total. The summed E-state index contributed by atoms with van der Waals surface area (Å²) in [4.78, 5) is 12.4. The number of Topliss-reactive ketones (excluding diaryl/α,β-unsaturated/α-hetero) is 1. The average molecular weight is 475 g/mol. The van der Waals surface area contributed by atoms with Crippen molar-refractivity contribution in [2.45, 2.75) is 110 Å². The average Bonchev–Trinajstić information content (AvgIpc) is 3.04. The first kappa shape index (κ1) is 25.1. The molecular formula is C26H42O4Si2. The number of carbonyl (C=O) groups is 1. The predicted octanol–water partition coefficient (Wildman–Crippen LogP) is 7.92. The number of carbonyl (C=O) groups excluding carboxylic acids is 1. The Labute approximate surface area is 197 Å². The van der Waals surface area contributed by atoms with Gasteiger partial charge in [-0.1, -0.05) is 41.5 Å². The normalized spacial score (nSPS) is 20.2. The zero-order chi connectivity index (χ0) is 24.1. The Morgan fingerprint density at radius 2 is 1.34 bits per heavy atom. The lowest BCUT2D eigenvalue weighted by Crippen LogP contribution is -2.44. The number of hydrogen-bond acceptors (Lipinski definition) is 4. The molecule has 0 amide bonds. The molecule has 1 atom stereocenters. The van der Waals surface area contributed by atoms with E-state index in [1.807, 2.05) is 0 Å². The van der Waals surface area contributed by atoms with Gasteiger partial charge in [0, 0.05) is 30.9 Å². The predicted molar refractivity (Wildman–Crippen MR) is 136 cm³/mol. The zero-order valence-electron chi connectivity index (χ0n) is 21.8. The summed E-state index contributed by atoms with van der Waals surface area (Å²) >= 11 is 0. The van der Waals surface area contributed by atoms with Crippen molar-refractivity contribution in [1.29, 1.82) is 0 Å². The largest absolute Gasteiger partial charge is 0.543 e. The van der Waals surface area contributed by atoms with Crippen molar-refractivity contribution in [1.82, 2.24) is 0 Å². The van der Waals surface area contributed by atoms with Gasteiger partial charge in [0.2, 0.25) is 16.6 Å². The molecule has 0 aromatic heterocycles. The van der Waals surface area contributed by atoms with Crippen LogP contribution in [0.4, 0.5) is 0 Å². The SMILES string of the molecule is CC(C)(C)[Si](C)(C)Oc1cc(O[Si](C)(C)C(C)(C)C)cc(C2CC3=C(CCCC3=O)O2)c1. The lowest BCUT2D eigenvalue weighted by atomic mass is 9.93. The fourth-order valence-corrected chi connectivity index (χ4v) is 5.63. The van der Waals surface area contributed by atoms with E-state index in [1.165, 1.54) is 0 Å². The molecule has 4 nitrogen and oxygen atoms in total. The first-order valence-corrected chi connectivity index (χ1v) is 17.8. The third-order valence-corrected chi connectivity index (χ3v) is 16.5. The molecule has 1 unspecified atom stereocenters. The summed E-state index contributed by atoms with van der Waals surface area (Å²) in [6, 6.07) is 6.26. The minimum atomic E-state index is -2.02. The number of benzene rings is 1. The molecule has 3 rings (SSSR count). The van der Waals surface area contributed by atoms with E-state index in [-0.39, 0.29) is 22.0 Å². The smallest absolute Gasteiger partial charge is 0.250 e. The maximum atomic E-state index is 12.4. The second kappa shape index (κ2) is 8.35. The number of hydrogen-bond donors (Lipinski definition) is 0. The van der Waals surface area contributed by atoms with Crippen LogP contribution in [0, 0.1) is 0 Å². The molecule has 6 heteroatoms. The van der Waals surface area contributed by atoms with Gasteiger partial charge in [0.1, 0.15) is 23.4 Å². The third-order valence-electron chi connectivity index (χ3n) is 7.79. The highest BCUT2D eigenvalue weighted by Gasteiger charge is 2.41. The minimum Gasteiger partial charge on any atom is -0.543 e. The number of ether oxygens (including phenoxy) is 1. The van der Waals surface area contributed by atoms with E-state index >= 15 is 0 Å². The van der Waals surface area contributed by atoms with E-state index < -0.39 is 16.6 Å². The maximum Gasteiger partial charge on any atom is 0.250 e. The van der Waals surface area contributed by atoms with E-state index in [1.54, 1.807) is 0 Å². The van der Waals surface area contributed by atoms with Crippen LogP contribution in [0.2, 0.25) is 36.3 Å². The Balaban J connectivity index is 1.97. The molecule has 32 heavy (non-hydrogen) atoms. The summed E-state index contributed by atoms with van der Waals surface area (Å²) in [5.41, 5.74) is 1.93. The Kier molecular flexibility index (Phi) is 6.55. The summed E-state index contributed by atoms with van der Waals surface area (Å²) in [6.07, 6.45) is 2.90. The fraction of sp³-hybridized carbons (Fsp3) is 0.654. The molecular weight excluding hydrogens is 432 g/mol. The van der Waals surface area contributed by atoms with Crippen molar-refractivity contribution >= 4 is 22.4 Å². The van der Waals surface area contributed by atoms with Gasteiger partial charge in [-0.15, -0.1) is 0 Å². The first-order chi connectivity index (χ1) is 14.5. The summed E-state index contributed by atoms with van der Waals surface area (Å²) in [6.45, 7) is 22.6. The van der Waals surface area contributed by atoms with Crippen LogP contribution in [-0.4, -0.2) is 22.4 Å². The molecule has 2 aliphatic rings. The molecule has 1 heterocycles. The molecule has 0 fully saturated rings. The van der Waals surface area contributed by atoms with Gasteiger partial charge in [-0.25, -0.2) is 0 Å². The molecule has 0 saturated heterocycles. The van der Waals surface area contributed by atoms with Gasteiger partial charge in [-0.2, -0.15) is 0 Å². The van der Waals surface area contributed by atoms with Crippen molar-refractivity contribution in [2.75, 3.05) is 0 Å². The maximum absolute atomic E-state index is 12.4. The van der Waals surface area contributed by atoms with Gasteiger partial charge in [0.25, 0.3) is 0 Å². The highest BCUT2D eigenvalue weighted by Crippen LogP contribution is 2.45. The minimum absolute atomic E-state index is 0.0976. The van der Waals surface area contributed by atoms with Crippen LogP contribution in [0.3, 0.4) is 0 Å². The Bertz CT molecular complexity index is 870. The number of rotatable bonds is 5. The van der Waals surface area contributed by atoms with Gasteiger partial charge in [0.15, 0.2) is 5.78 Å². The Morgan fingerprint density at radius 1 is 0.844 bits per heavy atom. The monoisotopic (exact) mass is 474 g/mol. The molecule has 0 spiro atoms. The van der Waals surface area contributed by atoms with Crippen molar-refractivity contribution in [3.05, 3.63) is 35.1 Å². The number of allylic oxidation sites excluding steroid dienone is 1. The summed E-state index contributed by atoms with van der Waals surface area (Å²) in [5, 5.41) is 0.195.